The number of rotatable bonds is 0. The molecule has 22 heavy (non-hydrogen) atoms. The lowest BCUT2D eigenvalue weighted by atomic mass is 10.5. The first kappa shape index (κ1) is 19.7. The monoisotopic (exact) mass is 310 g/mol. The van der Waals surface area contributed by atoms with Crippen LogP contribution < -0.4 is 19.3 Å². The Morgan fingerprint density at radius 1 is 0.864 bits per heavy atom. The van der Waals surface area contributed by atoms with Crippen LogP contribution in [0.1, 0.15) is 23.0 Å². The van der Waals surface area contributed by atoms with Crippen molar-refractivity contribution in [1.82, 2.24) is 9.13 Å². The van der Waals surface area contributed by atoms with E-state index in [0.717, 1.165) is 0 Å². The molecule has 124 valence electrons. The Labute approximate surface area is 131 Å². The quantitative estimate of drug-likeness (QED) is 0.555. The maximum Gasteiger partial charge on any atom is 0.253 e. The lowest BCUT2D eigenvalue weighted by molar-refractivity contribution is -0.677. The summed E-state index contributed by atoms with van der Waals surface area (Å²) in [6.45, 7) is 8.42. The van der Waals surface area contributed by atoms with Crippen molar-refractivity contribution < 1.29 is 24.1 Å². The Hall–Kier alpha value is -2.31. The molecule has 0 saturated carbocycles. The van der Waals surface area contributed by atoms with Gasteiger partial charge in [-0.3, -0.25) is 0 Å². The van der Waals surface area contributed by atoms with Gasteiger partial charge >= 0.3 is 0 Å². The fraction of sp³-hybridized carbons (Fsp3) is 0.533. The summed E-state index contributed by atoms with van der Waals surface area (Å²) < 4.78 is 8.57. The summed E-state index contributed by atoms with van der Waals surface area (Å²) in [5, 5.41) is 16.7. The van der Waals surface area contributed by atoms with Gasteiger partial charge in [-0.05, 0) is 6.16 Å². The van der Waals surface area contributed by atoms with Gasteiger partial charge in [0.25, 0.3) is 11.6 Å². The number of imidazole rings is 2. The molecule has 0 N–H and O–H groups in total. The Kier molecular flexibility index (Phi) is 7.35. The molecule has 0 spiro atoms. The lowest BCUT2D eigenvalue weighted by Gasteiger charge is -1.96. The number of nitrogens with zero attached hydrogens (tertiary/aromatic N) is 4. The first-order valence-corrected chi connectivity index (χ1v) is 6.84. The van der Waals surface area contributed by atoms with Gasteiger partial charge in [0.05, 0.1) is 28.2 Å². The number of hydrogen-bond acceptors (Lipinski definition) is 3. The lowest BCUT2D eigenvalue weighted by Crippen LogP contribution is -2.37. The molecule has 0 aliphatic carbocycles. The van der Waals surface area contributed by atoms with Crippen molar-refractivity contribution in [1.29, 1.82) is 0 Å². The van der Waals surface area contributed by atoms with Gasteiger partial charge in [-0.1, -0.05) is 0 Å². The Bertz CT molecular complexity index is 542. The van der Waals surface area contributed by atoms with Crippen molar-refractivity contribution in [3.05, 3.63) is 35.4 Å². The van der Waals surface area contributed by atoms with Crippen LogP contribution in [0.4, 0.5) is 4.79 Å². The van der Waals surface area contributed by atoms with E-state index in [1.807, 2.05) is 0 Å². The molecule has 0 unspecified atom stereocenters. The summed E-state index contributed by atoms with van der Waals surface area (Å²) in [4.78, 5) is 8.33. The highest BCUT2D eigenvalue weighted by molar-refractivity contribution is 5.47. The number of aryl methyl sites for hydroxylation is 4. The molecular weight excluding hydrogens is 284 g/mol. The fourth-order valence-corrected chi connectivity index (χ4v) is 1.90. The third-order valence-electron chi connectivity index (χ3n) is 3.81. The predicted octanol–water partition coefficient (Wildman–Crippen LogP) is -1.51. The van der Waals surface area contributed by atoms with Crippen molar-refractivity contribution in [2.45, 2.75) is 27.7 Å². The van der Waals surface area contributed by atoms with Crippen LogP contribution in [0.5, 0.6) is 0 Å². The van der Waals surface area contributed by atoms with Gasteiger partial charge in [0.15, 0.2) is 0 Å². The van der Waals surface area contributed by atoms with Crippen molar-refractivity contribution in [3.63, 3.8) is 0 Å². The van der Waals surface area contributed by atoms with Crippen molar-refractivity contribution in [3.8, 4) is 0 Å². The summed E-state index contributed by atoms with van der Waals surface area (Å²) in [5.41, 5.74) is 2.60. The predicted molar refractivity (Wildman–Crippen MR) is 77.5 cm³/mol. The molecule has 7 heteroatoms. The molecule has 0 radical (unpaired) electrons. The largest absolute Gasteiger partial charge is 0.652 e. The van der Waals surface area contributed by atoms with E-state index in [9.17, 15) is 0 Å². The minimum atomic E-state index is -2.33. The van der Waals surface area contributed by atoms with E-state index in [0.29, 0.717) is 0 Å². The molecule has 0 aromatic carbocycles. The highest BCUT2D eigenvalue weighted by Gasteiger charge is 2.08. The van der Waals surface area contributed by atoms with Crippen LogP contribution in [-0.2, 0) is 28.2 Å². The van der Waals surface area contributed by atoms with E-state index in [2.05, 4.69) is 86.5 Å². The average molecular weight is 310 g/mol. The summed E-state index contributed by atoms with van der Waals surface area (Å²) in [6.07, 6.45) is 1.91. The van der Waals surface area contributed by atoms with Gasteiger partial charge in [0.1, 0.15) is 23.8 Å². The Morgan fingerprint density at radius 3 is 1.14 bits per heavy atom. The normalized spacial score (nSPS) is 9.45. The van der Waals surface area contributed by atoms with Gasteiger partial charge in [-0.15, -0.1) is 0 Å². The van der Waals surface area contributed by atoms with Crippen LogP contribution in [-0.4, -0.2) is 15.3 Å². The minimum absolute atomic E-state index is 1.28. The molecule has 2 rings (SSSR count). The van der Waals surface area contributed by atoms with Crippen LogP contribution in [0, 0.1) is 27.7 Å². The second-order valence-corrected chi connectivity index (χ2v) is 5.23. The zero-order valence-corrected chi connectivity index (χ0v) is 14.7. The molecule has 7 nitrogen and oxygen atoms in total. The highest BCUT2D eigenvalue weighted by Crippen LogP contribution is 1.95. The van der Waals surface area contributed by atoms with Gasteiger partial charge in [0, 0.05) is 27.7 Å². The van der Waals surface area contributed by atoms with Gasteiger partial charge in [-0.25, -0.2) is 18.3 Å². The van der Waals surface area contributed by atoms with Crippen LogP contribution in [0.3, 0.4) is 0 Å². The number of aromatic nitrogens is 4. The van der Waals surface area contributed by atoms with Crippen LogP contribution >= 0.6 is 0 Å². The summed E-state index contributed by atoms with van der Waals surface area (Å²) in [6, 6.07) is 0. The van der Waals surface area contributed by atoms with Crippen molar-refractivity contribution in [2.75, 3.05) is 0 Å². The van der Waals surface area contributed by atoms with E-state index in [4.69, 9.17) is 15.0 Å². The van der Waals surface area contributed by atoms with Gasteiger partial charge in [-0.2, -0.15) is 0 Å². The van der Waals surface area contributed by atoms with Gasteiger partial charge < -0.3 is 15.0 Å². The number of carbonyl (C=O) groups is 1. The smallest absolute Gasteiger partial charge is 0.253 e. The Morgan fingerprint density at radius 2 is 1.09 bits per heavy atom. The number of hydrogen-bond donors (Lipinski definition) is 0. The molecule has 0 saturated heterocycles. The SMILES string of the molecule is Cc1c[n+](C)c(C)n1C.Cc1c[n+](C)c(C)n1C.O=C([O-])[O-]. The molecule has 0 aliphatic rings. The zero-order chi connectivity index (χ0) is 17.6. The second kappa shape index (κ2) is 8.21. The maximum absolute atomic E-state index is 8.33. The Balaban J connectivity index is 0.000000326. The zero-order valence-electron chi connectivity index (χ0n) is 14.7. The van der Waals surface area contributed by atoms with E-state index in [1.54, 1.807) is 0 Å². The van der Waals surface area contributed by atoms with Crippen molar-refractivity contribution in [2.24, 2.45) is 28.2 Å². The minimum Gasteiger partial charge on any atom is -0.652 e. The van der Waals surface area contributed by atoms with E-state index in [1.165, 1.54) is 23.0 Å². The number of carboxylic acid groups (broad SMARTS) is 2. The number of carbonyl (C=O) groups excluding carboxylic acids is 1. The standard InChI is InChI=1S/2C7H13N2.CH2O3/c2*1-6-5-8(3)7(2)9(6)4;2-1(3)4/h2*5H,1-4H3;(H2,2,3,4)/q2*+1;/p-2. The molecule has 0 amide bonds. The van der Waals surface area contributed by atoms with Crippen molar-refractivity contribution >= 4 is 6.16 Å². The summed E-state index contributed by atoms with van der Waals surface area (Å²) >= 11 is 0. The summed E-state index contributed by atoms with van der Waals surface area (Å²) in [7, 11) is 8.26. The first-order chi connectivity index (χ1) is 9.98. The second-order valence-electron chi connectivity index (χ2n) is 5.23. The van der Waals surface area contributed by atoms with E-state index in [-0.39, 0.29) is 0 Å². The molecule has 0 bridgehead atoms. The third kappa shape index (κ3) is 5.59. The third-order valence-corrected chi connectivity index (χ3v) is 3.81. The van der Waals surface area contributed by atoms with Crippen LogP contribution in [0.15, 0.2) is 12.4 Å². The van der Waals surface area contributed by atoms with E-state index < -0.39 is 6.16 Å². The van der Waals surface area contributed by atoms with E-state index >= 15 is 0 Å². The van der Waals surface area contributed by atoms with Crippen LogP contribution in [0.25, 0.3) is 0 Å². The molecule has 0 fully saturated rings. The fourth-order valence-electron chi connectivity index (χ4n) is 1.90. The average Bonchev–Trinajstić information content (AvgIpc) is 2.75. The maximum atomic E-state index is 8.33. The highest BCUT2D eigenvalue weighted by atomic mass is 16.6. The molecule has 0 aliphatic heterocycles. The molecule has 2 aromatic heterocycles. The topological polar surface area (TPSA) is 80.8 Å². The molecular formula is C15H26N4O3. The summed E-state index contributed by atoms with van der Waals surface area (Å²) in [5.74, 6) is 2.57. The molecule has 0 atom stereocenters. The van der Waals surface area contributed by atoms with Crippen LogP contribution in [0.2, 0.25) is 0 Å². The first-order valence-electron chi connectivity index (χ1n) is 6.84. The molecule has 2 aromatic rings. The molecule has 2 heterocycles. The van der Waals surface area contributed by atoms with Gasteiger partial charge in [0.2, 0.25) is 0 Å².